The maximum Gasteiger partial charge on any atom is 0.252 e. The molecule has 0 aromatic carbocycles. The van der Waals surface area contributed by atoms with Gasteiger partial charge in [-0.1, -0.05) is 0 Å². The number of allylic oxidation sites excluding steroid dienone is 2. The fourth-order valence-corrected chi connectivity index (χ4v) is 5.41. The molecule has 0 saturated carbocycles. The maximum atomic E-state index is 13.6. The van der Waals surface area contributed by atoms with Crippen molar-refractivity contribution in [3.8, 4) is 0 Å². The van der Waals surface area contributed by atoms with Gasteiger partial charge in [0.2, 0.25) is 11.6 Å². The molecule has 8 nitrogen and oxygen atoms in total. The Morgan fingerprint density at radius 3 is 2.40 bits per heavy atom. The van der Waals surface area contributed by atoms with Crippen molar-refractivity contribution >= 4 is 28.8 Å². The summed E-state index contributed by atoms with van der Waals surface area (Å²) in [6, 6.07) is 0. The molecule has 1 amide bonds. The van der Waals surface area contributed by atoms with Gasteiger partial charge in [0.25, 0.3) is 5.91 Å². The third-order valence-corrected chi connectivity index (χ3v) is 7.31. The lowest BCUT2D eigenvalue weighted by Gasteiger charge is -2.41. The van der Waals surface area contributed by atoms with Crippen LogP contribution in [0, 0.1) is 13.8 Å². The largest absolute Gasteiger partial charge is 0.375 e. The molecule has 0 unspecified atom stereocenters. The number of methoxy groups -OCH3 is 1. The number of ketones is 2. The van der Waals surface area contributed by atoms with Gasteiger partial charge in [-0.3, -0.25) is 14.4 Å². The van der Waals surface area contributed by atoms with Crippen LogP contribution in [0.2, 0.25) is 0 Å². The lowest BCUT2D eigenvalue weighted by atomic mass is 9.91. The van der Waals surface area contributed by atoms with Crippen LogP contribution in [-0.2, 0) is 19.0 Å². The molecule has 0 atom stereocenters. The zero-order chi connectivity index (χ0) is 21.6. The van der Waals surface area contributed by atoms with Gasteiger partial charge in [-0.25, -0.2) is 0 Å². The first-order valence-corrected chi connectivity index (χ1v) is 10.8. The smallest absolute Gasteiger partial charge is 0.252 e. The van der Waals surface area contributed by atoms with Crippen molar-refractivity contribution in [2.45, 2.75) is 32.5 Å². The van der Waals surface area contributed by atoms with Gasteiger partial charge < -0.3 is 24.0 Å². The molecule has 0 radical (unpaired) electrons. The molecule has 0 bridgehead atoms. The fraction of sp³-hybridized carbons (Fsp3) is 0.571. The number of likely N-dealkylation sites (N-methyl/N-ethyl adjacent to an activating group) is 1. The zero-order valence-electron chi connectivity index (χ0n) is 17.7. The molecule has 2 aliphatic heterocycles. The van der Waals surface area contributed by atoms with Gasteiger partial charge in [-0.05, 0) is 19.4 Å². The van der Waals surface area contributed by atoms with E-state index in [2.05, 4.69) is 0 Å². The molecule has 4 rings (SSSR count). The van der Waals surface area contributed by atoms with E-state index in [4.69, 9.17) is 14.2 Å². The summed E-state index contributed by atoms with van der Waals surface area (Å²) >= 11 is 1.31. The predicted octanol–water partition coefficient (Wildman–Crippen LogP) is 1.90. The van der Waals surface area contributed by atoms with Crippen molar-refractivity contribution in [2.24, 2.45) is 0 Å². The van der Waals surface area contributed by atoms with Crippen LogP contribution in [-0.4, -0.2) is 80.1 Å². The number of ether oxygens (including phenoxy) is 3. The van der Waals surface area contributed by atoms with E-state index in [0.29, 0.717) is 49.6 Å². The third-order valence-electron chi connectivity index (χ3n) is 6.11. The highest BCUT2D eigenvalue weighted by Gasteiger charge is 2.45. The van der Waals surface area contributed by atoms with E-state index < -0.39 is 5.79 Å². The van der Waals surface area contributed by atoms with Crippen LogP contribution in [0.5, 0.6) is 0 Å². The van der Waals surface area contributed by atoms with Gasteiger partial charge in [-0.2, -0.15) is 0 Å². The molecular weight excluding hydrogens is 408 g/mol. The average molecular weight is 435 g/mol. The fourth-order valence-electron chi connectivity index (χ4n) is 4.31. The Hall–Kier alpha value is -2.07. The molecular formula is C21H26N2O6S. The SMILES string of the molecule is COCC(=O)N(C)C1=C(N2CCC3(CC2)OCCO3)C(=O)c2c(sc(C)c2C)C1=O. The number of carbonyl (C=O) groups excluding carboxylic acids is 3. The Labute approximate surface area is 179 Å². The summed E-state index contributed by atoms with van der Waals surface area (Å²) < 4.78 is 16.5. The molecule has 162 valence electrons. The van der Waals surface area contributed by atoms with Crippen LogP contribution >= 0.6 is 11.3 Å². The normalized spacial score (nSPS) is 20.9. The maximum absolute atomic E-state index is 13.6. The van der Waals surface area contributed by atoms with E-state index in [1.54, 1.807) is 0 Å². The first kappa shape index (κ1) is 21.2. The quantitative estimate of drug-likeness (QED) is 0.715. The molecule has 0 N–H and O–H groups in total. The molecule has 2 fully saturated rings. The Morgan fingerprint density at radius 2 is 1.80 bits per heavy atom. The number of Topliss-reactive ketones (excluding diaryl/α,β-unsaturated/α-hetero) is 2. The van der Waals surface area contributed by atoms with Gasteiger partial charge in [0.05, 0.1) is 18.1 Å². The number of hydrogen-bond acceptors (Lipinski definition) is 8. The zero-order valence-corrected chi connectivity index (χ0v) is 18.5. The first-order chi connectivity index (χ1) is 14.3. The number of thiophene rings is 1. The summed E-state index contributed by atoms with van der Waals surface area (Å²) in [4.78, 5) is 44.2. The lowest BCUT2D eigenvalue weighted by Crippen LogP contribution is -2.48. The van der Waals surface area contributed by atoms with E-state index in [1.165, 1.54) is 30.4 Å². The van der Waals surface area contributed by atoms with Crippen molar-refractivity contribution < 1.29 is 28.6 Å². The average Bonchev–Trinajstić information content (AvgIpc) is 3.30. The van der Waals surface area contributed by atoms with Crippen LogP contribution in [0.4, 0.5) is 0 Å². The number of fused-ring (bicyclic) bond motifs is 1. The van der Waals surface area contributed by atoms with E-state index in [1.807, 2.05) is 18.7 Å². The Balaban J connectivity index is 1.76. The molecule has 2 saturated heterocycles. The van der Waals surface area contributed by atoms with Gasteiger partial charge in [-0.15, -0.1) is 11.3 Å². The predicted molar refractivity (Wildman–Crippen MR) is 110 cm³/mol. The summed E-state index contributed by atoms with van der Waals surface area (Å²) in [6.07, 6.45) is 1.19. The number of piperidine rings is 1. The Bertz CT molecular complexity index is 934. The Kier molecular flexibility index (Phi) is 5.56. The minimum absolute atomic E-state index is 0.125. The second-order valence-corrected chi connectivity index (χ2v) is 9.05. The lowest BCUT2D eigenvalue weighted by molar-refractivity contribution is -0.182. The summed E-state index contributed by atoms with van der Waals surface area (Å²) in [6.45, 7) is 5.73. The summed E-state index contributed by atoms with van der Waals surface area (Å²) in [7, 11) is 2.94. The second kappa shape index (κ2) is 7.88. The number of carbonyl (C=O) groups is 3. The molecule has 3 aliphatic rings. The second-order valence-electron chi connectivity index (χ2n) is 7.82. The molecule has 1 aliphatic carbocycles. The van der Waals surface area contributed by atoms with Gasteiger partial charge in [0.1, 0.15) is 18.0 Å². The monoisotopic (exact) mass is 434 g/mol. The molecule has 9 heteroatoms. The van der Waals surface area contributed by atoms with Crippen molar-refractivity contribution in [1.82, 2.24) is 9.80 Å². The van der Waals surface area contributed by atoms with Crippen LogP contribution in [0.3, 0.4) is 0 Å². The molecule has 30 heavy (non-hydrogen) atoms. The summed E-state index contributed by atoms with van der Waals surface area (Å²) in [5.74, 6) is -1.48. The van der Waals surface area contributed by atoms with Crippen molar-refractivity contribution in [1.29, 1.82) is 0 Å². The van der Waals surface area contributed by atoms with Crippen molar-refractivity contribution in [2.75, 3.05) is 47.1 Å². The van der Waals surface area contributed by atoms with Crippen LogP contribution in [0.1, 0.15) is 43.3 Å². The van der Waals surface area contributed by atoms with Crippen LogP contribution in [0.15, 0.2) is 11.4 Å². The van der Waals surface area contributed by atoms with Crippen molar-refractivity contribution in [3.63, 3.8) is 0 Å². The van der Waals surface area contributed by atoms with Crippen LogP contribution in [0.25, 0.3) is 0 Å². The number of hydrogen-bond donors (Lipinski definition) is 0. The number of likely N-dealkylation sites (tertiary alicyclic amines) is 1. The molecule has 1 aromatic rings. The Morgan fingerprint density at radius 1 is 1.17 bits per heavy atom. The standard InChI is InChI=1S/C21H26N2O6S/c1-12-13(2)30-20-15(12)18(25)17(16(19(20)26)22(3)14(24)11-27-4)23-7-5-21(6-8-23)28-9-10-29-21/h5-11H2,1-4H3. The van der Waals surface area contributed by atoms with E-state index in [9.17, 15) is 14.4 Å². The molecule has 1 spiro atoms. The summed E-state index contributed by atoms with van der Waals surface area (Å²) in [5, 5.41) is 0. The van der Waals surface area contributed by atoms with Gasteiger partial charge >= 0.3 is 0 Å². The minimum atomic E-state index is -0.600. The van der Waals surface area contributed by atoms with E-state index >= 15 is 0 Å². The minimum Gasteiger partial charge on any atom is -0.375 e. The van der Waals surface area contributed by atoms with E-state index in [-0.39, 0.29) is 35.5 Å². The number of amides is 1. The topological polar surface area (TPSA) is 85.4 Å². The van der Waals surface area contributed by atoms with E-state index in [0.717, 1.165) is 10.4 Å². The third kappa shape index (κ3) is 3.30. The van der Waals surface area contributed by atoms with Crippen molar-refractivity contribution in [3.05, 3.63) is 32.3 Å². The number of aryl methyl sites for hydroxylation is 1. The highest BCUT2D eigenvalue weighted by Crippen LogP contribution is 2.40. The molecule has 1 aromatic heterocycles. The van der Waals surface area contributed by atoms with Gasteiger partial charge in [0, 0.05) is 50.5 Å². The van der Waals surface area contributed by atoms with Crippen LogP contribution < -0.4 is 0 Å². The highest BCUT2D eigenvalue weighted by molar-refractivity contribution is 7.15. The van der Waals surface area contributed by atoms with Gasteiger partial charge in [0.15, 0.2) is 5.79 Å². The number of rotatable bonds is 4. The molecule has 3 heterocycles. The first-order valence-electron chi connectivity index (χ1n) is 10.0. The number of nitrogens with zero attached hydrogens (tertiary/aromatic N) is 2. The highest BCUT2D eigenvalue weighted by atomic mass is 32.1. The summed E-state index contributed by atoms with van der Waals surface area (Å²) in [5.41, 5.74) is 1.70.